The smallest absolute Gasteiger partial charge is 0.261 e. The Bertz CT molecular complexity index is 1030. The number of aromatic nitrogens is 1. The van der Waals surface area contributed by atoms with Gasteiger partial charge in [0.1, 0.15) is 11.3 Å². The van der Waals surface area contributed by atoms with Gasteiger partial charge in [0.15, 0.2) is 11.5 Å². The minimum Gasteiger partial charge on any atom is -0.497 e. The number of carbonyl (C=O) groups is 1. The Hall–Kier alpha value is -3.48. The van der Waals surface area contributed by atoms with Gasteiger partial charge in [0.25, 0.3) is 5.91 Å². The summed E-state index contributed by atoms with van der Waals surface area (Å²) in [6, 6.07) is 10.0. The monoisotopic (exact) mass is 354 g/mol. The molecule has 2 aromatic carbocycles. The second-order valence-corrected chi connectivity index (χ2v) is 5.47. The van der Waals surface area contributed by atoms with Crippen LogP contribution in [-0.4, -0.2) is 32.2 Å². The highest BCUT2D eigenvalue weighted by atomic mass is 16.5. The Morgan fingerprint density at radius 2 is 1.73 bits per heavy atom. The summed E-state index contributed by atoms with van der Waals surface area (Å²) in [5.41, 5.74) is 0.729. The molecule has 2 N–H and O–H groups in total. The first-order valence-electron chi connectivity index (χ1n) is 7.80. The first kappa shape index (κ1) is 17.3. The van der Waals surface area contributed by atoms with Crippen LogP contribution in [0.5, 0.6) is 17.2 Å². The molecule has 134 valence electrons. The Balaban J connectivity index is 1.95. The third-order valence-electron chi connectivity index (χ3n) is 3.97. The van der Waals surface area contributed by atoms with Crippen molar-refractivity contribution in [2.45, 2.75) is 0 Å². The number of benzene rings is 2. The fourth-order valence-corrected chi connectivity index (χ4v) is 2.61. The molecule has 1 amide bonds. The maximum absolute atomic E-state index is 12.7. The van der Waals surface area contributed by atoms with Crippen LogP contribution in [0.25, 0.3) is 10.9 Å². The molecule has 0 unspecified atom stereocenters. The zero-order chi connectivity index (χ0) is 18.7. The van der Waals surface area contributed by atoms with Gasteiger partial charge in [0.2, 0.25) is 5.43 Å². The lowest BCUT2D eigenvalue weighted by atomic mass is 10.1. The number of fused-ring (bicyclic) bond motifs is 1. The lowest BCUT2D eigenvalue weighted by molar-refractivity contribution is 0.102. The highest BCUT2D eigenvalue weighted by molar-refractivity contribution is 6.05. The van der Waals surface area contributed by atoms with Gasteiger partial charge in [-0.25, -0.2) is 0 Å². The lowest BCUT2D eigenvalue weighted by Crippen LogP contribution is -2.22. The third kappa shape index (κ3) is 3.19. The normalized spacial score (nSPS) is 10.4. The van der Waals surface area contributed by atoms with Gasteiger partial charge in [-0.05, 0) is 30.3 Å². The van der Waals surface area contributed by atoms with E-state index in [1.165, 1.54) is 27.5 Å². The summed E-state index contributed by atoms with van der Waals surface area (Å²) >= 11 is 0. The summed E-state index contributed by atoms with van der Waals surface area (Å²) in [6.07, 6.45) is 1.40. The van der Waals surface area contributed by atoms with Crippen molar-refractivity contribution in [1.82, 2.24) is 4.98 Å². The van der Waals surface area contributed by atoms with Crippen molar-refractivity contribution in [2.24, 2.45) is 0 Å². The van der Waals surface area contributed by atoms with Crippen LogP contribution in [0.4, 0.5) is 5.69 Å². The topological polar surface area (TPSA) is 89.7 Å². The fraction of sp³-hybridized carbons (Fsp3) is 0.158. The number of rotatable bonds is 5. The van der Waals surface area contributed by atoms with E-state index in [0.29, 0.717) is 33.8 Å². The molecule has 0 radical (unpaired) electrons. The molecule has 0 atom stereocenters. The van der Waals surface area contributed by atoms with Crippen LogP contribution in [0.3, 0.4) is 0 Å². The zero-order valence-electron chi connectivity index (χ0n) is 14.6. The summed E-state index contributed by atoms with van der Waals surface area (Å²) in [6.45, 7) is 0. The first-order chi connectivity index (χ1) is 12.6. The molecule has 7 nitrogen and oxygen atoms in total. The number of amides is 1. The Kier molecular flexibility index (Phi) is 4.79. The number of hydrogen-bond donors (Lipinski definition) is 2. The van der Waals surface area contributed by atoms with Gasteiger partial charge in [-0.3, -0.25) is 9.59 Å². The Labute approximate surface area is 149 Å². The van der Waals surface area contributed by atoms with E-state index in [2.05, 4.69) is 10.3 Å². The second-order valence-electron chi connectivity index (χ2n) is 5.47. The van der Waals surface area contributed by atoms with Crippen LogP contribution in [0.2, 0.25) is 0 Å². The van der Waals surface area contributed by atoms with Gasteiger partial charge < -0.3 is 24.5 Å². The maximum atomic E-state index is 12.7. The minimum absolute atomic E-state index is 0.000498. The molecular weight excluding hydrogens is 336 g/mol. The number of ether oxygens (including phenoxy) is 3. The summed E-state index contributed by atoms with van der Waals surface area (Å²) in [4.78, 5) is 28.2. The van der Waals surface area contributed by atoms with E-state index < -0.39 is 5.91 Å². The molecule has 0 spiro atoms. The van der Waals surface area contributed by atoms with Gasteiger partial charge in [0, 0.05) is 28.9 Å². The van der Waals surface area contributed by atoms with Crippen LogP contribution in [0, 0.1) is 0 Å². The van der Waals surface area contributed by atoms with Crippen LogP contribution >= 0.6 is 0 Å². The number of H-pyrrole nitrogens is 1. The van der Waals surface area contributed by atoms with Crippen molar-refractivity contribution >= 4 is 22.5 Å². The standard InChI is InChI=1S/C19H18N2O5/c1-24-12-5-6-15-13(9-12)18(22)14(10-20-15)19(23)21-11-4-7-16(25-2)17(8-11)26-3/h4-10H,1-3H3,(H,20,22)(H,21,23). The number of carbonyl (C=O) groups excluding carboxylic acids is 1. The van der Waals surface area contributed by atoms with E-state index in [9.17, 15) is 9.59 Å². The molecule has 0 bridgehead atoms. The SMILES string of the molecule is COc1ccc2[nH]cc(C(=O)Nc3ccc(OC)c(OC)c3)c(=O)c2c1. The fourth-order valence-electron chi connectivity index (χ4n) is 2.61. The van der Waals surface area contributed by atoms with Crippen LogP contribution < -0.4 is 25.0 Å². The van der Waals surface area contributed by atoms with E-state index in [1.807, 2.05) is 0 Å². The Morgan fingerprint density at radius 1 is 0.962 bits per heavy atom. The van der Waals surface area contributed by atoms with Crippen molar-refractivity contribution in [3.8, 4) is 17.2 Å². The van der Waals surface area contributed by atoms with Gasteiger partial charge >= 0.3 is 0 Å². The maximum Gasteiger partial charge on any atom is 0.261 e. The van der Waals surface area contributed by atoms with Crippen molar-refractivity contribution < 1.29 is 19.0 Å². The van der Waals surface area contributed by atoms with Gasteiger partial charge in [-0.1, -0.05) is 0 Å². The average Bonchev–Trinajstić information content (AvgIpc) is 2.67. The number of methoxy groups -OCH3 is 3. The molecular formula is C19H18N2O5. The van der Waals surface area contributed by atoms with E-state index in [1.54, 1.807) is 36.4 Å². The number of anilines is 1. The summed E-state index contributed by atoms with van der Waals surface area (Å²) < 4.78 is 15.5. The van der Waals surface area contributed by atoms with Crippen LogP contribution in [0.15, 0.2) is 47.4 Å². The summed E-state index contributed by atoms with van der Waals surface area (Å²) in [5, 5.41) is 3.07. The van der Waals surface area contributed by atoms with Gasteiger partial charge in [-0.15, -0.1) is 0 Å². The molecule has 0 aliphatic carbocycles. The number of nitrogens with one attached hydrogen (secondary N) is 2. The van der Waals surface area contributed by atoms with Gasteiger partial charge in [-0.2, -0.15) is 0 Å². The van der Waals surface area contributed by atoms with Crippen molar-refractivity contribution in [3.63, 3.8) is 0 Å². The molecule has 3 rings (SSSR count). The first-order valence-corrected chi connectivity index (χ1v) is 7.80. The van der Waals surface area contributed by atoms with E-state index in [0.717, 1.165) is 0 Å². The summed E-state index contributed by atoms with van der Waals surface area (Å²) in [7, 11) is 4.55. The predicted molar refractivity (Wildman–Crippen MR) is 98.6 cm³/mol. The molecule has 0 aliphatic heterocycles. The zero-order valence-corrected chi connectivity index (χ0v) is 14.6. The number of hydrogen-bond acceptors (Lipinski definition) is 5. The Morgan fingerprint density at radius 3 is 2.42 bits per heavy atom. The predicted octanol–water partition coefficient (Wildman–Crippen LogP) is 2.81. The second kappa shape index (κ2) is 7.18. The van der Waals surface area contributed by atoms with Crippen LogP contribution in [0.1, 0.15) is 10.4 Å². The molecule has 0 saturated carbocycles. The number of aromatic amines is 1. The summed E-state index contributed by atoms with van der Waals surface area (Å²) in [5.74, 6) is 1.03. The van der Waals surface area contributed by atoms with E-state index >= 15 is 0 Å². The highest BCUT2D eigenvalue weighted by Gasteiger charge is 2.15. The molecule has 7 heteroatoms. The van der Waals surface area contributed by atoms with E-state index in [4.69, 9.17) is 14.2 Å². The quantitative estimate of drug-likeness (QED) is 0.735. The molecule has 26 heavy (non-hydrogen) atoms. The lowest BCUT2D eigenvalue weighted by Gasteiger charge is -2.11. The van der Waals surface area contributed by atoms with Crippen molar-refractivity contribution in [3.05, 3.63) is 58.4 Å². The van der Waals surface area contributed by atoms with E-state index in [-0.39, 0.29) is 11.0 Å². The molecule has 1 aromatic heterocycles. The molecule has 0 fully saturated rings. The highest BCUT2D eigenvalue weighted by Crippen LogP contribution is 2.29. The molecule has 0 aliphatic rings. The van der Waals surface area contributed by atoms with Crippen molar-refractivity contribution in [1.29, 1.82) is 0 Å². The van der Waals surface area contributed by atoms with Crippen LogP contribution in [-0.2, 0) is 0 Å². The largest absolute Gasteiger partial charge is 0.497 e. The van der Waals surface area contributed by atoms with Gasteiger partial charge in [0.05, 0.1) is 21.3 Å². The molecule has 3 aromatic rings. The molecule has 0 saturated heterocycles. The van der Waals surface area contributed by atoms with Crippen molar-refractivity contribution in [2.75, 3.05) is 26.6 Å². The average molecular weight is 354 g/mol. The molecule has 1 heterocycles. The number of pyridine rings is 1. The third-order valence-corrected chi connectivity index (χ3v) is 3.97. The minimum atomic E-state index is -0.525.